The topological polar surface area (TPSA) is 90.0 Å². The number of β-amino-alcohol motifs (C(OH)–C–C–N with tert-alkyl or cyclic N) is 1. The lowest BCUT2D eigenvalue weighted by Gasteiger charge is -2.09. The second-order valence-corrected chi connectivity index (χ2v) is 3.77. The highest BCUT2D eigenvalue weighted by Gasteiger charge is 2.28. The summed E-state index contributed by atoms with van der Waals surface area (Å²) in [4.78, 5) is 11.7. The maximum Gasteiger partial charge on any atom is 0.242 e. The molecule has 1 aromatic heterocycles. The highest BCUT2D eigenvalue weighted by molar-refractivity contribution is 5.94. The van der Waals surface area contributed by atoms with Crippen molar-refractivity contribution in [2.75, 3.05) is 11.9 Å². The van der Waals surface area contributed by atoms with Crippen molar-refractivity contribution < 1.29 is 9.90 Å². The van der Waals surface area contributed by atoms with Gasteiger partial charge in [-0.15, -0.1) is 0 Å². The lowest BCUT2D eigenvalue weighted by Crippen LogP contribution is -2.35. The van der Waals surface area contributed by atoms with E-state index in [0.29, 0.717) is 18.8 Å². The first-order valence-electron chi connectivity index (χ1n) is 4.89. The van der Waals surface area contributed by atoms with E-state index in [2.05, 4.69) is 20.8 Å². The van der Waals surface area contributed by atoms with Crippen LogP contribution in [0.15, 0.2) is 6.20 Å². The molecule has 2 rings (SSSR count). The summed E-state index contributed by atoms with van der Waals surface area (Å²) in [7, 11) is 0. The Morgan fingerprint density at radius 1 is 1.73 bits per heavy atom. The first-order valence-corrected chi connectivity index (χ1v) is 4.89. The van der Waals surface area contributed by atoms with Crippen LogP contribution in [0.5, 0.6) is 0 Å². The Balaban J connectivity index is 1.95. The second-order valence-electron chi connectivity index (χ2n) is 3.77. The molecule has 1 aromatic rings. The number of nitrogens with zero attached hydrogens (tertiary/aromatic N) is 1. The zero-order valence-corrected chi connectivity index (χ0v) is 8.45. The van der Waals surface area contributed by atoms with Gasteiger partial charge in [0.15, 0.2) is 0 Å². The average molecular weight is 210 g/mol. The lowest BCUT2D eigenvalue weighted by molar-refractivity contribution is -0.118. The Labute approximate surface area is 87.1 Å². The van der Waals surface area contributed by atoms with E-state index in [0.717, 1.165) is 5.56 Å². The van der Waals surface area contributed by atoms with Crippen LogP contribution in [0.25, 0.3) is 0 Å². The number of aliphatic hydroxyl groups excluding tert-OH is 1. The third kappa shape index (κ3) is 2.16. The summed E-state index contributed by atoms with van der Waals surface area (Å²) >= 11 is 0. The van der Waals surface area contributed by atoms with Gasteiger partial charge in [0.25, 0.3) is 0 Å². The van der Waals surface area contributed by atoms with Crippen LogP contribution in [-0.4, -0.2) is 39.9 Å². The summed E-state index contributed by atoms with van der Waals surface area (Å²) in [5.74, 6) is 0.474. The normalized spacial score (nSPS) is 25.5. The van der Waals surface area contributed by atoms with Crippen molar-refractivity contribution >= 4 is 11.7 Å². The number of aromatic amines is 1. The third-order valence-corrected chi connectivity index (χ3v) is 2.50. The molecule has 2 atom stereocenters. The van der Waals surface area contributed by atoms with Gasteiger partial charge in [-0.3, -0.25) is 9.89 Å². The van der Waals surface area contributed by atoms with Gasteiger partial charge in [0.2, 0.25) is 5.91 Å². The number of nitrogens with one attached hydrogen (secondary N) is 3. The Hall–Kier alpha value is -1.40. The molecule has 2 heterocycles. The highest BCUT2D eigenvalue weighted by atomic mass is 16.3. The number of carbonyl (C=O) groups excluding carboxylic acids is 1. The quantitative estimate of drug-likeness (QED) is 0.523. The largest absolute Gasteiger partial charge is 0.392 e. The zero-order valence-electron chi connectivity index (χ0n) is 8.45. The number of anilines is 1. The van der Waals surface area contributed by atoms with Gasteiger partial charge in [-0.2, -0.15) is 5.10 Å². The number of rotatable bonds is 2. The smallest absolute Gasteiger partial charge is 0.242 e. The van der Waals surface area contributed by atoms with Crippen LogP contribution in [0.4, 0.5) is 5.82 Å². The average Bonchev–Trinajstić information content (AvgIpc) is 2.77. The van der Waals surface area contributed by atoms with Gasteiger partial charge < -0.3 is 15.7 Å². The molecule has 0 radical (unpaired) electrons. The Bertz CT molecular complexity index is 363. The number of H-pyrrole nitrogens is 1. The van der Waals surface area contributed by atoms with Crippen molar-refractivity contribution in [2.45, 2.75) is 25.5 Å². The fourth-order valence-corrected chi connectivity index (χ4v) is 1.60. The molecule has 6 heteroatoms. The van der Waals surface area contributed by atoms with Crippen LogP contribution in [-0.2, 0) is 4.79 Å². The van der Waals surface area contributed by atoms with Crippen molar-refractivity contribution in [1.82, 2.24) is 15.5 Å². The van der Waals surface area contributed by atoms with Crippen molar-refractivity contribution in [3.8, 4) is 0 Å². The third-order valence-electron chi connectivity index (χ3n) is 2.50. The molecule has 82 valence electrons. The van der Waals surface area contributed by atoms with E-state index in [1.165, 1.54) is 0 Å². The van der Waals surface area contributed by atoms with Gasteiger partial charge in [0.05, 0.1) is 18.3 Å². The summed E-state index contributed by atoms with van der Waals surface area (Å²) < 4.78 is 0. The SMILES string of the molecule is Cc1cn[nH]c1NC(=O)C1CC(O)CN1. The molecular weight excluding hydrogens is 196 g/mol. The zero-order chi connectivity index (χ0) is 10.8. The molecule has 1 aliphatic heterocycles. The molecule has 0 bridgehead atoms. The second kappa shape index (κ2) is 4.00. The Morgan fingerprint density at radius 3 is 3.07 bits per heavy atom. The van der Waals surface area contributed by atoms with Crippen molar-refractivity contribution in [1.29, 1.82) is 0 Å². The van der Waals surface area contributed by atoms with Gasteiger partial charge in [-0.25, -0.2) is 0 Å². The minimum atomic E-state index is -0.427. The van der Waals surface area contributed by atoms with E-state index in [4.69, 9.17) is 0 Å². The fraction of sp³-hybridized carbons (Fsp3) is 0.556. The summed E-state index contributed by atoms with van der Waals surface area (Å²) in [5, 5.41) is 21.4. The summed E-state index contributed by atoms with van der Waals surface area (Å²) in [6, 6.07) is -0.317. The maximum atomic E-state index is 11.7. The molecule has 0 saturated carbocycles. The highest BCUT2D eigenvalue weighted by Crippen LogP contribution is 2.12. The Kier molecular flexibility index (Phi) is 2.70. The maximum absolute atomic E-state index is 11.7. The number of aromatic nitrogens is 2. The molecule has 2 unspecified atom stereocenters. The minimum Gasteiger partial charge on any atom is -0.392 e. The van der Waals surface area contributed by atoms with Gasteiger partial charge >= 0.3 is 0 Å². The summed E-state index contributed by atoms with van der Waals surface area (Å²) in [5.41, 5.74) is 0.891. The molecule has 15 heavy (non-hydrogen) atoms. The predicted molar refractivity (Wildman–Crippen MR) is 54.4 cm³/mol. The number of carbonyl (C=O) groups is 1. The molecule has 1 aliphatic rings. The van der Waals surface area contributed by atoms with Crippen molar-refractivity contribution in [3.63, 3.8) is 0 Å². The molecule has 1 fully saturated rings. The fourth-order valence-electron chi connectivity index (χ4n) is 1.60. The summed E-state index contributed by atoms with van der Waals surface area (Å²) in [6.45, 7) is 2.33. The van der Waals surface area contributed by atoms with Crippen molar-refractivity contribution in [3.05, 3.63) is 11.8 Å². The molecule has 1 amide bonds. The van der Waals surface area contributed by atoms with Gasteiger partial charge in [-0.05, 0) is 13.3 Å². The van der Waals surface area contributed by atoms with Crippen LogP contribution in [0.2, 0.25) is 0 Å². The molecule has 0 spiro atoms. The van der Waals surface area contributed by atoms with E-state index >= 15 is 0 Å². The number of amides is 1. The van der Waals surface area contributed by atoms with Crippen LogP contribution in [0.1, 0.15) is 12.0 Å². The lowest BCUT2D eigenvalue weighted by atomic mass is 10.2. The molecule has 4 N–H and O–H groups in total. The number of hydrogen-bond acceptors (Lipinski definition) is 4. The minimum absolute atomic E-state index is 0.140. The van der Waals surface area contributed by atoms with E-state index in [1.54, 1.807) is 6.20 Å². The summed E-state index contributed by atoms with van der Waals surface area (Å²) in [6.07, 6.45) is 1.68. The van der Waals surface area contributed by atoms with Crippen LogP contribution < -0.4 is 10.6 Å². The van der Waals surface area contributed by atoms with Crippen LogP contribution >= 0.6 is 0 Å². The van der Waals surface area contributed by atoms with E-state index < -0.39 is 6.10 Å². The van der Waals surface area contributed by atoms with Crippen LogP contribution in [0, 0.1) is 6.92 Å². The first-order chi connectivity index (χ1) is 7.16. The van der Waals surface area contributed by atoms with Gasteiger partial charge in [0.1, 0.15) is 5.82 Å². The molecule has 0 aliphatic carbocycles. The predicted octanol–water partition coefficient (Wildman–Crippen LogP) is -0.621. The first kappa shape index (κ1) is 10.1. The monoisotopic (exact) mass is 210 g/mol. The van der Waals surface area contributed by atoms with Gasteiger partial charge in [-0.1, -0.05) is 0 Å². The molecule has 6 nitrogen and oxygen atoms in total. The van der Waals surface area contributed by atoms with Crippen molar-refractivity contribution in [2.24, 2.45) is 0 Å². The van der Waals surface area contributed by atoms with E-state index in [9.17, 15) is 9.90 Å². The molecular formula is C9H14N4O2. The van der Waals surface area contributed by atoms with Crippen LogP contribution in [0.3, 0.4) is 0 Å². The molecule has 0 aromatic carbocycles. The number of aliphatic hydroxyl groups is 1. The van der Waals surface area contributed by atoms with E-state index in [1.807, 2.05) is 6.92 Å². The Morgan fingerprint density at radius 2 is 2.53 bits per heavy atom. The standard InChI is InChI=1S/C9H14N4O2/c1-5-3-11-13-8(5)12-9(15)7-2-6(14)4-10-7/h3,6-7,10,14H,2,4H2,1H3,(H2,11,12,13,15). The van der Waals surface area contributed by atoms with E-state index in [-0.39, 0.29) is 11.9 Å². The number of aryl methyl sites for hydroxylation is 1. The van der Waals surface area contributed by atoms with Gasteiger partial charge in [0, 0.05) is 12.1 Å². The molecule has 1 saturated heterocycles. The number of hydrogen-bond donors (Lipinski definition) is 4.